The van der Waals surface area contributed by atoms with Gasteiger partial charge in [-0.1, -0.05) is 90.6 Å². The molecule has 0 aliphatic rings. The van der Waals surface area contributed by atoms with Crippen molar-refractivity contribution in [1.82, 2.24) is 10.2 Å². The minimum atomic E-state index is -4.29. The van der Waals surface area contributed by atoms with E-state index in [1.165, 1.54) is 35.2 Å². The van der Waals surface area contributed by atoms with Gasteiger partial charge in [0.2, 0.25) is 11.8 Å². The Kier molecular flexibility index (Phi) is 11.1. The van der Waals surface area contributed by atoms with Crippen molar-refractivity contribution < 1.29 is 18.0 Å². The maximum Gasteiger partial charge on any atom is 0.264 e. The van der Waals surface area contributed by atoms with Gasteiger partial charge in [0.15, 0.2) is 0 Å². The highest BCUT2D eigenvalue weighted by atomic mass is 35.5. The molecule has 0 saturated heterocycles. The average Bonchev–Trinajstić information content (AvgIpc) is 2.92. The van der Waals surface area contributed by atoms with Gasteiger partial charge in [0, 0.05) is 28.7 Å². The molecule has 0 unspecified atom stereocenters. The molecule has 1 atom stereocenters. The molecular formula is C28H29Cl4N3O4S. The Bertz CT molecular complexity index is 1450. The van der Waals surface area contributed by atoms with Gasteiger partial charge in [0.05, 0.1) is 20.6 Å². The lowest BCUT2D eigenvalue weighted by molar-refractivity contribution is -0.139. The number of nitrogens with zero attached hydrogens (tertiary/aromatic N) is 2. The van der Waals surface area contributed by atoms with Crippen LogP contribution in [0.2, 0.25) is 20.1 Å². The molecule has 3 aromatic carbocycles. The van der Waals surface area contributed by atoms with E-state index in [0.29, 0.717) is 22.2 Å². The minimum absolute atomic E-state index is 0.0130. The topological polar surface area (TPSA) is 86.8 Å². The third-order valence-electron chi connectivity index (χ3n) is 6.05. The van der Waals surface area contributed by atoms with E-state index in [1.54, 1.807) is 43.3 Å². The second kappa shape index (κ2) is 13.9. The standard InChI is InChI=1S/C28H29Cl4N3O4S/c1-18(2)15-33-28(37)19(3)34(16-21-22(29)11-7-12-23(21)30)26(36)17-35(25-14-8-13-24(31)27(25)32)40(38,39)20-9-5-4-6-10-20/h4-14,18-19H,15-17H2,1-3H3,(H,33,37)/t19-/m0/s1. The van der Waals surface area contributed by atoms with E-state index in [2.05, 4.69) is 5.32 Å². The molecule has 0 aromatic heterocycles. The van der Waals surface area contributed by atoms with Crippen LogP contribution in [-0.4, -0.2) is 44.3 Å². The normalized spacial score (nSPS) is 12.2. The number of rotatable bonds is 11. The van der Waals surface area contributed by atoms with E-state index >= 15 is 0 Å². The highest BCUT2D eigenvalue weighted by Gasteiger charge is 2.34. The molecular weight excluding hydrogens is 616 g/mol. The van der Waals surface area contributed by atoms with E-state index in [1.807, 2.05) is 13.8 Å². The van der Waals surface area contributed by atoms with E-state index in [-0.39, 0.29) is 33.1 Å². The molecule has 0 bridgehead atoms. The number of benzene rings is 3. The lowest BCUT2D eigenvalue weighted by Gasteiger charge is -2.32. The number of hydrogen-bond acceptors (Lipinski definition) is 4. The van der Waals surface area contributed by atoms with Gasteiger partial charge < -0.3 is 10.2 Å². The van der Waals surface area contributed by atoms with Gasteiger partial charge >= 0.3 is 0 Å². The lowest BCUT2D eigenvalue weighted by atomic mass is 10.1. The molecule has 0 aliphatic heterocycles. The Hall–Kier alpha value is -2.49. The van der Waals surface area contributed by atoms with Crippen LogP contribution in [0, 0.1) is 5.92 Å². The molecule has 40 heavy (non-hydrogen) atoms. The summed E-state index contributed by atoms with van der Waals surface area (Å²) in [6.45, 7) is 5.01. The van der Waals surface area contributed by atoms with Gasteiger partial charge in [0.1, 0.15) is 12.6 Å². The maximum absolute atomic E-state index is 14.0. The van der Waals surface area contributed by atoms with Crippen molar-refractivity contribution in [2.45, 2.75) is 38.3 Å². The summed E-state index contributed by atoms with van der Waals surface area (Å²) in [5.74, 6) is -0.919. The van der Waals surface area contributed by atoms with Crippen LogP contribution in [0.25, 0.3) is 0 Å². The van der Waals surface area contributed by atoms with Gasteiger partial charge in [0.25, 0.3) is 10.0 Å². The van der Waals surface area contributed by atoms with Gasteiger partial charge in [-0.25, -0.2) is 8.42 Å². The van der Waals surface area contributed by atoms with Crippen molar-refractivity contribution in [1.29, 1.82) is 0 Å². The molecule has 0 aliphatic carbocycles. The van der Waals surface area contributed by atoms with Crippen LogP contribution in [0.1, 0.15) is 26.3 Å². The zero-order valence-electron chi connectivity index (χ0n) is 22.1. The first-order chi connectivity index (χ1) is 18.8. The molecule has 1 N–H and O–H groups in total. The summed E-state index contributed by atoms with van der Waals surface area (Å²) in [7, 11) is -4.29. The average molecular weight is 645 g/mol. The number of carbonyl (C=O) groups is 2. The minimum Gasteiger partial charge on any atom is -0.354 e. The van der Waals surface area contributed by atoms with E-state index in [0.717, 1.165) is 4.31 Å². The van der Waals surface area contributed by atoms with Crippen molar-refractivity contribution >= 4 is 73.9 Å². The molecule has 3 rings (SSSR count). The highest BCUT2D eigenvalue weighted by molar-refractivity contribution is 7.92. The third-order valence-corrected chi connectivity index (χ3v) is 9.34. The second-order valence-electron chi connectivity index (χ2n) is 9.43. The highest BCUT2D eigenvalue weighted by Crippen LogP contribution is 2.36. The third kappa shape index (κ3) is 7.62. The number of halogens is 4. The van der Waals surface area contributed by atoms with Crippen LogP contribution in [0.3, 0.4) is 0 Å². The van der Waals surface area contributed by atoms with Crippen LogP contribution < -0.4 is 9.62 Å². The lowest BCUT2D eigenvalue weighted by Crippen LogP contribution is -2.51. The van der Waals surface area contributed by atoms with Crippen LogP contribution in [0.15, 0.2) is 71.6 Å². The summed E-state index contributed by atoms with van der Waals surface area (Å²) in [5, 5.41) is 3.49. The number of anilines is 1. The smallest absolute Gasteiger partial charge is 0.264 e. The van der Waals surface area contributed by atoms with E-state index in [9.17, 15) is 18.0 Å². The van der Waals surface area contributed by atoms with Gasteiger partial charge in [-0.15, -0.1) is 0 Å². The molecule has 0 fully saturated rings. The summed E-state index contributed by atoms with van der Waals surface area (Å²) in [6, 6.07) is 16.0. The van der Waals surface area contributed by atoms with Gasteiger partial charge in [-0.2, -0.15) is 0 Å². The number of nitrogens with one attached hydrogen (secondary N) is 1. The second-order valence-corrected chi connectivity index (χ2v) is 12.9. The van der Waals surface area contributed by atoms with Crippen molar-refractivity contribution in [2.75, 3.05) is 17.4 Å². The molecule has 0 spiro atoms. The van der Waals surface area contributed by atoms with Crippen molar-refractivity contribution in [3.05, 3.63) is 92.4 Å². The molecule has 12 heteroatoms. The number of hydrogen-bond donors (Lipinski definition) is 1. The maximum atomic E-state index is 14.0. The zero-order chi connectivity index (χ0) is 29.6. The summed E-state index contributed by atoms with van der Waals surface area (Å²) in [4.78, 5) is 28.3. The Labute approximate surface area is 255 Å². The summed E-state index contributed by atoms with van der Waals surface area (Å²) in [5.41, 5.74) is 0.431. The monoisotopic (exact) mass is 643 g/mol. The van der Waals surface area contributed by atoms with Crippen molar-refractivity contribution in [2.24, 2.45) is 5.92 Å². The Balaban J connectivity index is 2.08. The molecule has 7 nitrogen and oxygen atoms in total. The predicted molar refractivity (Wildman–Crippen MR) is 162 cm³/mol. The van der Waals surface area contributed by atoms with Crippen molar-refractivity contribution in [3.63, 3.8) is 0 Å². The molecule has 0 heterocycles. The fourth-order valence-electron chi connectivity index (χ4n) is 3.81. The first-order valence-electron chi connectivity index (χ1n) is 12.4. The van der Waals surface area contributed by atoms with Gasteiger partial charge in [-0.3, -0.25) is 13.9 Å². The summed E-state index contributed by atoms with van der Waals surface area (Å²) in [6.07, 6.45) is 0. The number of carbonyl (C=O) groups excluding carboxylic acids is 2. The van der Waals surface area contributed by atoms with Crippen LogP contribution in [-0.2, 0) is 26.2 Å². The van der Waals surface area contributed by atoms with E-state index in [4.69, 9.17) is 46.4 Å². The Morgan fingerprint density at radius 1 is 0.825 bits per heavy atom. The Morgan fingerprint density at radius 3 is 2.00 bits per heavy atom. The molecule has 214 valence electrons. The Morgan fingerprint density at radius 2 is 1.40 bits per heavy atom. The fourth-order valence-corrected chi connectivity index (χ4v) is 6.22. The van der Waals surface area contributed by atoms with E-state index < -0.39 is 34.4 Å². The van der Waals surface area contributed by atoms with Gasteiger partial charge in [-0.05, 0) is 49.2 Å². The first-order valence-corrected chi connectivity index (χ1v) is 15.3. The van der Waals surface area contributed by atoms with Crippen LogP contribution in [0.5, 0.6) is 0 Å². The number of amides is 2. The molecule has 0 radical (unpaired) electrons. The number of sulfonamides is 1. The fraction of sp³-hybridized carbons (Fsp3) is 0.286. The first kappa shape index (κ1) is 32.0. The zero-order valence-corrected chi connectivity index (χ0v) is 25.9. The molecule has 2 amide bonds. The van der Waals surface area contributed by atoms with Crippen LogP contribution in [0.4, 0.5) is 5.69 Å². The predicted octanol–water partition coefficient (Wildman–Crippen LogP) is 6.69. The summed E-state index contributed by atoms with van der Waals surface area (Å²) < 4.78 is 28.6. The summed E-state index contributed by atoms with van der Waals surface area (Å²) >= 11 is 25.4. The largest absolute Gasteiger partial charge is 0.354 e. The van der Waals surface area contributed by atoms with Crippen molar-refractivity contribution in [3.8, 4) is 0 Å². The SMILES string of the molecule is CC(C)CNC(=O)[C@H](C)N(Cc1c(Cl)cccc1Cl)C(=O)CN(c1cccc(Cl)c1Cl)S(=O)(=O)c1ccccc1. The molecule has 3 aromatic rings. The van der Waals surface area contributed by atoms with Crippen LogP contribution >= 0.6 is 46.4 Å². The molecule has 0 saturated carbocycles. The quantitative estimate of drug-likeness (QED) is 0.252.